The Labute approximate surface area is 165 Å². The molecule has 0 unspecified atom stereocenters. The molecular weight excluding hydrogens is 352 g/mol. The zero-order valence-corrected chi connectivity index (χ0v) is 15.8. The van der Waals surface area contributed by atoms with Crippen LogP contribution in [0.2, 0.25) is 0 Å². The normalized spacial score (nSPS) is 14.6. The predicted molar refractivity (Wildman–Crippen MR) is 107 cm³/mol. The Bertz CT molecular complexity index is 838. The molecule has 0 atom stereocenters. The van der Waals surface area contributed by atoms with Crippen LogP contribution in [0, 0.1) is 0 Å². The van der Waals surface area contributed by atoms with Crippen molar-refractivity contribution in [3.05, 3.63) is 95.6 Å². The Hall–Kier alpha value is -2.82. The fourth-order valence-electron chi connectivity index (χ4n) is 2.99. The van der Waals surface area contributed by atoms with Gasteiger partial charge in [0.25, 0.3) is 0 Å². The number of benzene rings is 3. The van der Waals surface area contributed by atoms with Crippen LogP contribution < -0.4 is 9.47 Å². The standard InChI is InChI=1S/C24H24O4/c1-2-5-19(6-3-1)17-27-22-11-7-20(8-12-22)18-28-23-13-9-21(10-14-23)24-25-15-4-16-26-24/h1-3,5-14,24H,4,15-18H2. The maximum atomic E-state index is 5.88. The van der Waals surface area contributed by atoms with Crippen LogP contribution in [0.15, 0.2) is 78.9 Å². The first kappa shape index (κ1) is 18.5. The van der Waals surface area contributed by atoms with Crippen molar-refractivity contribution in [2.75, 3.05) is 13.2 Å². The maximum Gasteiger partial charge on any atom is 0.183 e. The van der Waals surface area contributed by atoms with Gasteiger partial charge >= 0.3 is 0 Å². The predicted octanol–water partition coefficient (Wildman–Crippen LogP) is 5.28. The molecule has 0 N–H and O–H groups in total. The quantitative estimate of drug-likeness (QED) is 0.562. The second kappa shape index (κ2) is 9.40. The van der Waals surface area contributed by atoms with E-state index in [2.05, 4.69) is 12.1 Å². The van der Waals surface area contributed by atoms with Crippen LogP contribution in [0.3, 0.4) is 0 Å². The molecule has 0 bridgehead atoms. The van der Waals surface area contributed by atoms with Gasteiger partial charge in [0.1, 0.15) is 24.7 Å². The van der Waals surface area contributed by atoms with Gasteiger partial charge in [0, 0.05) is 5.56 Å². The zero-order chi connectivity index (χ0) is 19.0. The summed E-state index contributed by atoms with van der Waals surface area (Å²) in [5.41, 5.74) is 3.27. The van der Waals surface area contributed by atoms with Crippen molar-refractivity contribution in [2.45, 2.75) is 25.9 Å². The summed E-state index contributed by atoms with van der Waals surface area (Å²) in [6.07, 6.45) is 0.694. The van der Waals surface area contributed by atoms with Crippen LogP contribution in [0.5, 0.6) is 11.5 Å². The lowest BCUT2D eigenvalue weighted by Gasteiger charge is -2.23. The third-order valence-electron chi connectivity index (χ3n) is 4.56. The van der Waals surface area contributed by atoms with Gasteiger partial charge in [0.15, 0.2) is 6.29 Å². The highest BCUT2D eigenvalue weighted by Crippen LogP contribution is 2.25. The third kappa shape index (κ3) is 5.12. The molecule has 28 heavy (non-hydrogen) atoms. The molecule has 1 saturated heterocycles. The second-order valence-electron chi connectivity index (χ2n) is 6.70. The summed E-state index contributed by atoms with van der Waals surface area (Å²) in [6.45, 7) is 2.56. The van der Waals surface area contributed by atoms with E-state index < -0.39 is 0 Å². The van der Waals surface area contributed by atoms with E-state index in [1.807, 2.05) is 66.7 Å². The van der Waals surface area contributed by atoms with Crippen LogP contribution in [0.4, 0.5) is 0 Å². The molecule has 1 aliphatic rings. The van der Waals surface area contributed by atoms with Gasteiger partial charge in [0.05, 0.1) is 13.2 Å². The van der Waals surface area contributed by atoms with Crippen molar-refractivity contribution >= 4 is 0 Å². The summed E-state index contributed by atoms with van der Waals surface area (Å²) >= 11 is 0. The molecule has 0 aliphatic carbocycles. The first-order valence-corrected chi connectivity index (χ1v) is 9.58. The second-order valence-corrected chi connectivity index (χ2v) is 6.70. The van der Waals surface area contributed by atoms with Crippen molar-refractivity contribution in [3.8, 4) is 11.5 Å². The number of ether oxygens (including phenoxy) is 4. The van der Waals surface area contributed by atoms with Crippen LogP contribution in [-0.2, 0) is 22.7 Å². The summed E-state index contributed by atoms with van der Waals surface area (Å²) in [7, 11) is 0. The lowest BCUT2D eigenvalue weighted by molar-refractivity contribution is -0.183. The fraction of sp³-hybridized carbons (Fsp3) is 0.250. The molecule has 0 aromatic heterocycles. The van der Waals surface area contributed by atoms with E-state index >= 15 is 0 Å². The van der Waals surface area contributed by atoms with E-state index in [1.54, 1.807) is 0 Å². The van der Waals surface area contributed by atoms with Gasteiger partial charge in [-0.15, -0.1) is 0 Å². The Morgan fingerprint density at radius 1 is 0.643 bits per heavy atom. The summed E-state index contributed by atoms with van der Waals surface area (Å²) in [4.78, 5) is 0. The fourth-order valence-corrected chi connectivity index (χ4v) is 2.99. The summed E-state index contributed by atoms with van der Waals surface area (Å²) in [6, 6.07) is 26.0. The molecule has 4 nitrogen and oxygen atoms in total. The molecule has 4 rings (SSSR count). The molecule has 0 spiro atoms. The van der Waals surface area contributed by atoms with Gasteiger partial charge in [0.2, 0.25) is 0 Å². The van der Waals surface area contributed by atoms with E-state index in [4.69, 9.17) is 18.9 Å². The monoisotopic (exact) mass is 376 g/mol. The van der Waals surface area contributed by atoms with E-state index in [0.29, 0.717) is 13.2 Å². The molecule has 1 aliphatic heterocycles. The highest BCUT2D eigenvalue weighted by Gasteiger charge is 2.16. The molecule has 3 aromatic carbocycles. The average molecular weight is 376 g/mol. The lowest BCUT2D eigenvalue weighted by Crippen LogP contribution is -2.17. The zero-order valence-electron chi connectivity index (χ0n) is 15.8. The molecule has 0 saturated carbocycles. The minimum Gasteiger partial charge on any atom is -0.489 e. The van der Waals surface area contributed by atoms with E-state index in [0.717, 1.165) is 47.8 Å². The van der Waals surface area contributed by atoms with E-state index in [1.165, 1.54) is 0 Å². The largest absolute Gasteiger partial charge is 0.489 e. The molecule has 0 amide bonds. The topological polar surface area (TPSA) is 36.9 Å². The SMILES string of the molecule is c1ccc(COc2ccc(COc3ccc(C4OCCCO4)cc3)cc2)cc1. The minimum atomic E-state index is -0.258. The highest BCUT2D eigenvalue weighted by atomic mass is 16.7. The van der Waals surface area contributed by atoms with Crippen molar-refractivity contribution < 1.29 is 18.9 Å². The number of hydrogen-bond donors (Lipinski definition) is 0. The molecule has 144 valence electrons. The first-order chi connectivity index (χ1) is 13.9. The van der Waals surface area contributed by atoms with Crippen molar-refractivity contribution in [2.24, 2.45) is 0 Å². The van der Waals surface area contributed by atoms with Crippen LogP contribution in [-0.4, -0.2) is 13.2 Å². The van der Waals surface area contributed by atoms with E-state index in [9.17, 15) is 0 Å². The van der Waals surface area contributed by atoms with Gasteiger partial charge < -0.3 is 18.9 Å². The Morgan fingerprint density at radius 3 is 1.79 bits per heavy atom. The van der Waals surface area contributed by atoms with Crippen LogP contribution >= 0.6 is 0 Å². The molecular formula is C24H24O4. The molecule has 1 heterocycles. The van der Waals surface area contributed by atoms with Gasteiger partial charge in [-0.3, -0.25) is 0 Å². The molecule has 3 aromatic rings. The Balaban J connectivity index is 1.26. The van der Waals surface area contributed by atoms with Gasteiger partial charge in [-0.05, 0) is 41.8 Å². The van der Waals surface area contributed by atoms with Crippen molar-refractivity contribution in [3.63, 3.8) is 0 Å². The van der Waals surface area contributed by atoms with E-state index in [-0.39, 0.29) is 6.29 Å². The number of hydrogen-bond acceptors (Lipinski definition) is 4. The smallest absolute Gasteiger partial charge is 0.183 e. The summed E-state index contributed by atoms with van der Waals surface area (Å²) in [5.74, 6) is 1.67. The lowest BCUT2D eigenvalue weighted by atomic mass is 10.2. The number of rotatable bonds is 7. The molecule has 0 radical (unpaired) electrons. The summed E-state index contributed by atoms with van der Waals surface area (Å²) < 4.78 is 22.9. The first-order valence-electron chi connectivity index (χ1n) is 9.58. The van der Waals surface area contributed by atoms with Crippen molar-refractivity contribution in [1.82, 2.24) is 0 Å². The molecule has 1 fully saturated rings. The molecule has 4 heteroatoms. The van der Waals surface area contributed by atoms with Gasteiger partial charge in [-0.1, -0.05) is 54.6 Å². The van der Waals surface area contributed by atoms with Gasteiger partial charge in [-0.2, -0.15) is 0 Å². The summed E-state index contributed by atoms with van der Waals surface area (Å²) in [5, 5.41) is 0. The van der Waals surface area contributed by atoms with Crippen LogP contribution in [0.25, 0.3) is 0 Å². The van der Waals surface area contributed by atoms with Crippen molar-refractivity contribution in [1.29, 1.82) is 0 Å². The van der Waals surface area contributed by atoms with Crippen LogP contribution in [0.1, 0.15) is 29.4 Å². The van der Waals surface area contributed by atoms with Gasteiger partial charge in [-0.25, -0.2) is 0 Å². The Morgan fingerprint density at radius 2 is 1.18 bits per heavy atom. The minimum absolute atomic E-state index is 0.258. The Kier molecular flexibility index (Phi) is 6.22. The third-order valence-corrected chi connectivity index (χ3v) is 4.56. The average Bonchev–Trinajstić information content (AvgIpc) is 2.79. The maximum absolute atomic E-state index is 5.88. The highest BCUT2D eigenvalue weighted by molar-refractivity contribution is 5.30.